The Morgan fingerprint density at radius 1 is 0.702 bits per heavy atom. The molecule has 0 bridgehead atoms. The minimum absolute atomic E-state index is 0.254. The first kappa shape index (κ1) is 26.2. The Kier molecular flexibility index (Phi) is 5.56. The maximum absolute atomic E-state index is 9.33. The number of hydrogen-bond acceptors (Lipinski definition) is 3. The van der Waals surface area contributed by atoms with E-state index in [1.807, 2.05) is 30.3 Å². The van der Waals surface area contributed by atoms with Crippen LogP contribution in [0.25, 0.3) is 55.7 Å². The number of hydrogen-bond donors (Lipinski definition) is 0. The van der Waals surface area contributed by atoms with Crippen LogP contribution < -0.4 is 4.90 Å². The summed E-state index contributed by atoms with van der Waals surface area (Å²) in [6.07, 6.45) is 13.3. The van der Waals surface area contributed by atoms with Gasteiger partial charge in [0.1, 0.15) is 11.3 Å². The molecule has 2 aromatic heterocycles. The second-order valence-corrected chi connectivity index (χ2v) is 12.7. The zero-order valence-corrected chi connectivity index (χ0v) is 25.6. The maximum atomic E-state index is 9.33. The van der Waals surface area contributed by atoms with Gasteiger partial charge in [0.25, 0.3) is 0 Å². The van der Waals surface area contributed by atoms with Crippen LogP contribution in [0.4, 0.5) is 5.69 Å². The molecule has 0 spiro atoms. The van der Waals surface area contributed by atoms with E-state index in [4.69, 9.17) is 4.42 Å². The molecule has 0 amide bonds. The molecule has 0 saturated carbocycles. The molecule has 1 aliphatic heterocycles. The van der Waals surface area contributed by atoms with E-state index in [2.05, 4.69) is 125 Å². The van der Waals surface area contributed by atoms with Gasteiger partial charge in [-0.3, -0.25) is 0 Å². The van der Waals surface area contributed by atoms with E-state index >= 15 is 0 Å². The Labute approximate surface area is 272 Å². The Morgan fingerprint density at radius 3 is 2.36 bits per heavy atom. The van der Waals surface area contributed by atoms with Gasteiger partial charge in [-0.25, -0.2) is 0 Å². The molecule has 0 N–H and O–H groups in total. The van der Waals surface area contributed by atoms with Crippen molar-refractivity contribution in [3.63, 3.8) is 0 Å². The first-order valence-electron chi connectivity index (χ1n) is 16.3. The van der Waals surface area contributed by atoms with E-state index in [0.717, 1.165) is 40.9 Å². The third kappa shape index (κ3) is 3.87. The van der Waals surface area contributed by atoms with Crippen molar-refractivity contribution in [2.24, 2.45) is 0 Å². The van der Waals surface area contributed by atoms with Crippen LogP contribution in [0, 0.1) is 11.3 Å². The number of nitrogens with zero attached hydrogens (tertiary/aromatic N) is 3. The summed E-state index contributed by atoms with van der Waals surface area (Å²) < 4.78 is 8.53. The number of aromatic nitrogens is 1. The Bertz CT molecular complexity index is 2550. The summed E-state index contributed by atoms with van der Waals surface area (Å²) in [5, 5.41) is 13.0. The molecule has 47 heavy (non-hydrogen) atoms. The van der Waals surface area contributed by atoms with E-state index in [9.17, 15) is 5.26 Å². The van der Waals surface area contributed by atoms with Gasteiger partial charge in [-0.15, -0.1) is 0 Å². The van der Waals surface area contributed by atoms with E-state index in [-0.39, 0.29) is 6.04 Å². The van der Waals surface area contributed by atoms with Crippen LogP contribution in [0.2, 0.25) is 0 Å². The summed E-state index contributed by atoms with van der Waals surface area (Å²) >= 11 is 0. The number of aryl methyl sites for hydroxylation is 1. The third-order valence-corrected chi connectivity index (χ3v) is 10.3. The van der Waals surface area contributed by atoms with Gasteiger partial charge in [0.2, 0.25) is 0 Å². The molecule has 7 aromatic rings. The lowest BCUT2D eigenvalue weighted by molar-refractivity contribution is 0.539. The monoisotopic (exact) mass is 603 g/mol. The first-order valence-corrected chi connectivity index (χ1v) is 16.3. The number of allylic oxidation sites excluding steroid dienone is 3. The molecule has 3 aliphatic rings. The van der Waals surface area contributed by atoms with Gasteiger partial charge >= 0.3 is 0 Å². The quantitative estimate of drug-likeness (QED) is 0.202. The van der Waals surface area contributed by atoms with E-state index in [1.54, 1.807) is 0 Å². The molecule has 4 heteroatoms. The van der Waals surface area contributed by atoms with E-state index in [1.165, 1.54) is 49.8 Å². The zero-order chi connectivity index (χ0) is 31.1. The van der Waals surface area contributed by atoms with E-state index in [0.29, 0.717) is 11.5 Å². The molecule has 2 atom stereocenters. The van der Waals surface area contributed by atoms with Gasteiger partial charge in [-0.05, 0) is 89.9 Å². The molecule has 3 heterocycles. The summed E-state index contributed by atoms with van der Waals surface area (Å²) in [5.41, 5.74) is 12.7. The van der Waals surface area contributed by atoms with Crippen LogP contribution in [0.1, 0.15) is 34.8 Å². The fourth-order valence-electron chi connectivity index (χ4n) is 8.10. The zero-order valence-electron chi connectivity index (χ0n) is 25.6. The van der Waals surface area contributed by atoms with Gasteiger partial charge in [0.15, 0.2) is 0 Å². The summed E-state index contributed by atoms with van der Waals surface area (Å²) in [7, 11) is 0. The highest BCUT2D eigenvalue weighted by atomic mass is 16.3. The van der Waals surface area contributed by atoms with Gasteiger partial charge in [-0.1, -0.05) is 72.8 Å². The number of furan rings is 1. The molecule has 5 aromatic carbocycles. The molecule has 2 unspecified atom stereocenters. The first-order chi connectivity index (χ1) is 23.2. The van der Waals surface area contributed by atoms with Gasteiger partial charge in [0.05, 0.1) is 28.7 Å². The fraction of sp³-hybridized carbons (Fsp3) is 0.0930. The van der Waals surface area contributed by atoms with Gasteiger partial charge in [0, 0.05) is 51.1 Å². The summed E-state index contributed by atoms with van der Waals surface area (Å²) in [6.45, 7) is 0. The Morgan fingerprint density at radius 2 is 1.47 bits per heavy atom. The lowest BCUT2D eigenvalue weighted by Crippen LogP contribution is -2.32. The molecule has 4 nitrogen and oxygen atoms in total. The van der Waals surface area contributed by atoms with E-state index < -0.39 is 0 Å². The minimum atomic E-state index is 0.254. The number of rotatable bonds is 3. The second-order valence-electron chi connectivity index (χ2n) is 12.7. The van der Waals surface area contributed by atoms with Crippen molar-refractivity contribution in [3.8, 4) is 22.9 Å². The number of para-hydroxylation sites is 2. The summed E-state index contributed by atoms with van der Waals surface area (Å²) in [5.74, 6) is 1.39. The van der Waals surface area contributed by atoms with Crippen LogP contribution in [0.15, 0.2) is 144 Å². The number of fused-ring (bicyclic) bond motifs is 9. The van der Waals surface area contributed by atoms with Gasteiger partial charge < -0.3 is 13.9 Å². The predicted molar refractivity (Wildman–Crippen MR) is 191 cm³/mol. The standard InChI is InChI=1S/C43H29N3O/c44-26-27-13-17-30(18-14-27)45-38-10-4-1-7-32(38)35-23-28(15-20-40(35)45)29-16-21-41-36(24-29)33-8-2-5-11-39(33)46(41)31-19-22-43-37(25-31)34-9-3-6-12-42(34)47-43/h1-18,20-21,23-25,33,39H,19,22H2. The van der Waals surface area contributed by atoms with Crippen molar-refractivity contribution in [3.05, 3.63) is 162 Å². The van der Waals surface area contributed by atoms with Gasteiger partial charge in [-0.2, -0.15) is 5.26 Å². The van der Waals surface area contributed by atoms with Crippen LogP contribution in [-0.2, 0) is 6.42 Å². The van der Waals surface area contributed by atoms with Crippen molar-refractivity contribution < 1.29 is 4.42 Å². The van der Waals surface area contributed by atoms with Crippen molar-refractivity contribution in [2.45, 2.75) is 24.8 Å². The van der Waals surface area contributed by atoms with Crippen molar-refractivity contribution in [1.29, 1.82) is 5.26 Å². The summed E-state index contributed by atoms with van der Waals surface area (Å²) in [6, 6.07) is 41.2. The SMILES string of the molecule is N#Cc1ccc(-n2c3ccccc3c3cc(-c4ccc5c(c4)C4C=CC=CC4N5C4=Cc5c(oc6ccccc56)CC4)ccc32)cc1. The molecule has 10 rings (SSSR count). The molecule has 2 aliphatic carbocycles. The molecular weight excluding hydrogens is 574 g/mol. The Balaban J connectivity index is 1.09. The highest BCUT2D eigenvalue weighted by Crippen LogP contribution is 2.49. The molecule has 0 saturated heterocycles. The smallest absolute Gasteiger partial charge is 0.134 e. The average molecular weight is 604 g/mol. The lowest BCUT2D eigenvalue weighted by atomic mass is 9.89. The number of benzene rings is 5. The fourth-order valence-corrected chi connectivity index (χ4v) is 8.10. The second kappa shape index (κ2) is 9.97. The number of anilines is 1. The summed E-state index contributed by atoms with van der Waals surface area (Å²) in [4.78, 5) is 2.57. The topological polar surface area (TPSA) is 45.1 Å². The van der Waals surface area contributed by atoms with Crippen LogP contribution in [-0.4, -0.2) is 10.6 Å². The highest BCUT2D eigenvalue weighted by molar-refractivity contribution is 6.10. The largest absolute Gasteiger partial charge is 0.460 e. The lowest BCUT2D eigenvalue weighted by Gasteiger charge is -2.32. The Hall–Kier alpha value is -6.05. The molecule has 0 radical (unpaired) electrons. The maximum Gasteiger partial charge on any atom is 0.134 e. The van der Waals surface area contributed by atoms with Crippen LogP contribution in [0.5, 0.6) is 0 Å². The highest BCUT2D eigenvalue weighted by Gasteiger charge is 2.39. The van der Waals surface area contributed by atoms with Crippen LogP contribution >= 0.6 is 0 Å². The molecule has 222 valence electrons. The van der Waals surface area contributed by atoms with Crippen molar-refractivity contribution >= 4 is 44.5 Å². The third-order valence-electron chi connectivity index (χ3n) is 10.3. The molecular formula is C43H29N3O. The molecule has 0 fully saturated rings. The van der Waals surface area contributed by atoms with Crippen molar-refractivity contribution in [2.75, 3.05) is 4.90 Å². The predicted octanol–water partition coefficient (Wildman–Crippen LogP) is 10.5. The minimum Gasteiger partial charge on any atom is -0.460 e. The number of nitriles is 1. The normalized spacial score (nSPS) is 17.9. The van der Waals surface area contributed by atoms with Crippen LogP contribution in [0.3, 0.4) is 0 Å². The average Bonchev–Trinajstić information content (AvgIpc) is 3.78. The van der Waals surface area contributed by atoms with Crippen molar-refractivity contribution in [1.82, 2.24) is 4.57 Å².